The number of hydrogen-bond donors (Lipinski definition) is 2. The molecule has 0 amide bonds. The Morgan fingerprint density at radius 3 is 2.30 bits per heavy atom. The van der Waals surface area contributed by atoms with E-state index in [9.17, 15) is 19.8 Å². The number of carboxylic acid groups (broad SMARTS) is 2. The first-order valence-corrected chi connectivity index (χ1v) is 7.95. The average molecular weight is 284 g/mol. The van der Waals surface area contributed by atoms with Crippen molar-refractivity contribution in [3.8, 4) is 0 Å². The fourth-order valence-corrected chi connectivity index (χ4v) is 3.78. The highest BCUT2D eigenvalue weighted by molar-refractivity contribution is 5.78. The molecule has 0 aliphatic heterocycles. The average Bonchev–Trinajstić information content (AvgIpc) is 2.42. The molecule has 3 atom stereocenters. The molecule has 1 aliphatic carbocycles. The van der Waals surface area contributed by atoms with Gasteiger partial charge in [0.25, 0.3) is 0 Å². The van der Waals surface area contributed by atoms with Gasteiger partial charge in [0.1, 0.15) is 0 Å². The highest BCUT2D eigenvalue weighted by Gasteiger charge is 2.51. The maximum Gasteiger partial charge on any atom is 0.309 e. The molecule has 4 nitrogen and oxygen atoms in total. The van der Waals surface area contributed by atoms with E-state index in [0.29, 0.717) is 19.3 Å². The molecule has 1 rings (SSSR count). The van der Waals surface area contributed by atoms with E-state index in [4.69, 9.17) is 0 Å². The lowest BCUT2D eigenvalue weighted by Crippen LogP contribution is -2.47. The van der Waals surface area contributed by atoms with Gasteiger partial charge in [-0.15, -0.1) is 0 Å². The Morgan fingerprint density at radius 2 is 1.80 bits per heavy atom. The van der Waals surface area contributed by atoms with E-state index >= 15 is 0 Å². The van der Waals surface area contributed by atoms with Crippen LogP contribution in [0.3, 0.4) is 0 Å². The molecule has 116 valence electrons. The van der Waals surface area contributed by atoms with Gasteiger partial charge >= 0.3 is 11.9 Å². The molecule has 4 heteroatoms. The molecule has 3 unspecified atom stereocenters. The number of carboxylic acids is 2. The van der Waals surface area contributed by atoms with Gasteiger partial charge in [0, 0.05) is 0 Å². The SMILES string of the molecule is CCCCC1C(C(=O)O)CCCC1(CCCC)C(=O)O. The van der Waals surface area contributed by atoms with E-state index < -0.39 is 23.3 Å². The van der Waals surface area contributed by atoms with Crippen molar-refractivity contribution in [3.05, 3.63) is 0 Å². The Kier molecular flexibility index (Phi) is 6.50. The summed E-state index contributed by atoms with van der Waals surface area (Å²) in [6.45, 7) is 4.11. The third kappa shape index (κ3) is 3.53. The van der Waals surface area contributed by atoms with Crippen LogP contribution in [0.1, 0.15) is 71.6 Å². The maximum atomic E-state index is 11.9. The fourth-order valence-electron chi connectivity index (χ4n) is 3.78. The topological polar surface area (TPSA) is 74.6 Å². The number of carbonyl (C=O) groups is 2. The number of unbranched alkanes of at least 4 members (excludes halogenated alkanes) is 2. The van der Waals surface area contributed by atoms with Crippen molar-refractivity contribution in [3.63, 3.8) is 0 Å². The largest absolute Gasteiger partial charge is 0.481 e. The molecule has 1 saturated carbocycles. The van der Waals surface area contributed by atoms with Gasteiger partial charge in [-0.2, -0.15) is 0 Å². The number of aliphatic carboxylic acids is 2. The Morgan fingerprint density at radius 1 is 1.15 bits per heavy atom. The van der Waals surface area contributed by atoms with Crippen molar-refractivity contribution < 1.29 is 19.8 Å². The van der Waals surface area contributed by atoms with E-state index in [2.05, 4.69) is 6.92 Å². The second-order valence-corrected chi connectivity index (χ2v) is 6.15. The van der Waals surface area contributed by atoms with Crippen LogP contribution in [0.25, 0.3) is 0 Å². The van der Waals surface area contributed by atoms with Crippen LogP contribution >= 0.6 is 0 Å². The summed E-state index contributed by atoms with van der Waals surface area (Å²) in [6, 6.07) is 0. The maximum absolute atomic E-state index is 11.9. The lowest BCUT2D eigenvalue weighted by Gasteiger charge is -2.44. The van der Waals surface area contributed by atoms with Crippen LogP contribution in [-0.4, -0.2) is 22.2 Å². The summed E-state index contributed by atoms with van der Waals surface area (Å²) in [5.41, 5.74) is -0.813. The second kappa shape index (κ2) is 7.65. The molecule has 0 heterocycles. The molecule has 1 fully saturated rings. The highest BCUT2D eigenvalue weighted by atomic mass is 16.4. The number of hydrogen-bond acceptors (Lipinski definition) is 2. The van der Waals surface area contributed by atoms with Crippen molar-refractivity contribution in [2.75, 3.05) is 0 Å². The van der Waals surface area contributed by atoms with Crippen molar-refractivity contribution in [2.24, 2.45) is 17.3 Å². The van der Waals surface area contributed by atoms with Crippen molar-refractivity contribution >= 4 is 11.9 Å². The van der Waals surface area contributed by atoms with Crippen molar-refractivity contribution in [2.45, 2.75) is 71.6 Å². The Balaban J connectivity index is 3.06. The summed E-state index contributed by atoms with van der Waals surface area (Å²) in [5.74, 6) is -2.29. The molecule has 0 saturated heterocycles. The molecule has 0 aromatic rings. The van der Waals surface area contributed by atoms with Gasteiger partial charge in [-0.1, -0.05) is 46.0 Å². The molecular formula is C16H28O4. The van der Waals surface area contributed by atoms with Gasteiger partial charge in [0.15, 0.2) is 0 Å². The first kappa shape index (κ1) is 17.0. The minimum Gasteiger partial charge on any atom is -0.481 e. The number of rotatable bonds is 8. The molecule has 0 bridgehead atoms. The van der Waals surface area contributed by atoms with E-state index in [1.807, 2.05) is 6.92 Å². The fraction of sp³-hybridized carbons (Fsp3) is 0.875. The minimum absolute atomic E-state index is 0.210. The Labute approximate surface area is 121 Å². The van der Waals surface area contributed by atoms with Crippen LogP contribution in [0.4, 0.5) is 0 Å². The van der Waals surface area contributed by atoms with E-state index in [-0.39, 0.29) is 5.92 Å². The lowest BCUT2D eigenvalue weighted by molar-refractivity contribution is -0.164. The van der Waals surface area contributed by atoms with E-state index in [1.54, 1.807) is 0 Å². The summed E-state index contributed by atoms with van der Waals surface area (Å²) in [5, 5.41) is 19.2. The molecular weight excluding hydrogens is 256 g/mol. The smallest absolute Gasteiger partial charge is 0.309 e. The molecule has 0 spiro atoms. The first-order valence-electron chi connectivity index (χ1n) is 7.95. The summed E-state index contributed by atoms with van der Waals surface area (Å²) in [6.07, 6.45) is 7.04. The quantitative estimate of drug-likeness (QED) is 0.708. The predicted octanol–water partition coefficient (Wildman–Crippen LogP) is 3.94. The Bertz CT molecular complexity index is 339. The molecule has 0 aromatic heterocycles. The molecule has 0 radical (unpaired) electrons. The molecule has 2 N–H and O–H groups in total. The third-order valence-corrected chi connectivity index (χ3v) is 4.92. The van der Waals surface area contributed by atoms with Gasteiger partial charge in [0.2, 0.25) is 0 Å². The molecule has 0 aromatic carbocycles. The first-order chi connectivity index (χ1) is 9.49. The van der Waals surface area contributed by atoms with Crippen LogP contribution in [0.5, 0.6) is 0 Å². The summed E-state index contributed by atoms with van der Waals surface area (Å²) < 4.78 is 0. The van der Waals surface area contributed by atoms with Crippen LogP contribution in [0.2, 0.25) is 0 Å². The minimum atomic E-state index is -0.813. The highest BCUT2D eigenvalue weighted by Crippen LogP contribution is 2.50. The zero-order chi connectivity index (χ0) is 15.2. The zero-order valence-corrected chi connectivity index (χ0v) is 12.7. The lowest BCUT2D eigenvalue weighted by atomic mass is 9.58. The van der Waals surface area contributed by atoms with Gasteiger partial charge < -0.3 is 10.2 Å². The van der Waals surface area contributed by atoms with E-state index in [1.165, 1.54) is 0 Å². The third-order valence-electron chi connectivity index (χ3n) is 4.92. The molecule has 20 heavy (non-hydrogen) atoms. The summed E-state index contributed by atoms with van der Waals surface area (Å²) in [4.78, 5) is 23.5. The van der Waals surface area contributed by atoms with Crippen LogP contribution in [0.15, 0.2) is 0 Å². The Hall–Kier alpha value is -1.06. The monoisotopic (exact) mass is 284 g/mol. The van der Waals surface area contributed by atoms with Gasteiger partial charge in [0.05, 0.1) is 11.3 Å². The predicted molar refractivity (Wildman–Crippen MR) is 77.6 cm³/mol. The van der Waals surface area contributed by atoms with Gasteiger partial charge in [-0.25, -0.2) is 0 Å². The van der Waals surface area contributed by atoms with Crippen LogP contribution in [0, 0.1) is 17.3 Å². The van der Waals surface area contributed by atoms with Crippen LogP contribution in [-0.2, 0) is 9.59 Å². The van der Waals surface area contributed by atoms with E-state index in [0.717, 1.165) is 38.5 Å². The normalized spacial score (nSPS) is 30.1. The zero-order valence-electron chi connectivity index (χ0n) is 12.7. The van der Waals surface area contributed by atoms with Crippen molar-refractivity contribution in [1.82, 2.24) is 0 Å². The van der Waals surface area contributed by atoms with Crippen LogP contribution < -0.4 is 0 Å². The van der Waals surface area contributed by atoms with Gasteiger partial charge in [-0.3, -0.25) is 9.59 Å². The van der Waals surface area contributed by atoms with Crippen molar-refractivity contribution in [1.29, 1.82) is 0 Å². The summed E-state index contributed by atoms with van der Waals surface area (Å²) in [7, 11) is 0. The molecule has 1 aliphatic rings. The second-order valence-electron chi connectivity index (χ2n) is 6.15. The standard InChI is InChI=1S/C16H28O4/c1-3-5-9-13-12(14(17)18)8-7-11-16(13,15(19)20)10-6-4-2/h12-13H,3-11H2,1-2H3,(H,17,18)(H,19,20). The van der Waals surface area contributed by atoms with Gasteiger partial charge in [-0.05, 0) is 31.6 Å². The summed E-state index contributed by atoms with van der Waals surface area (Å²) >= 11 is 0.